The van der Waals surface area contributed by atoms with E-state index in [1.165, 1.54) is 0 Å². The number of pyridine rings is 1. The molecule has 0 aliphatic carbocycles. The molecule has 2 aromatic heterocycles. The van der Waals surface area contributed by atoms with Crippen LogP contribution in [0.2, 0.25) is 10.0 Å². The quantitative estimate of drug-likeness (QED) is 0.332. The summed E-state index contributed by atoms with van der Waals surface area (Å²) in [7, 11) is 1.76. The summed E-state index contributed by atoms with van der Waals surface area (Å²) >= 11 is 12.7. The van der Waals surface area contributed by atoms with Gasteiger partial charge in [-0.2, -0.15) is 0 Å². The monoisotopic (exact) mass is 434 g/mol. The van der Waals surface area contributed by atoms with Gasteiger partial charge in [0.15, 0.2) is 5.58 Å². The molecule has 0 saturated heterocycles. The van der Waals surface area contributed by atoms with Gasteiger partial charge in [0.05, 0.1) is 21.5 Å². The molecule has 6 heteroatoms. The summed E-state index contributed by atoms with van der Waals surface area (Å²) in [5.41, 5.74) is 3.28. The van der Waals surface area contributed by atoms with Crippen LogP contribution in [0, 0.1) is 0 Å². The number of rotatable bonds is 3. The summed E-state index contributed by atoms with van der Waals surface area (Å²) in [6.45, 7) is 0. The lowest BCUT2D eigenvalue weighted by molar-refractivity contribution is 0.638. The summed E-state index contributed by atoms with van der Waals surface area (Å²) in [6.07, 6.45) is 0. The van der Waals surface area contributed by atoms with Crippen LogP contribution in [0.4, 0.5) is 11.6 Å². The van der Waals surface area contributed by atoms with Crippen molar-refractivity contribution < 1.29 is 4.42 Å². The average Bonchev–Trinajstić information content (AvgIpc) is 3.12. The maximum absolute atomic E-state index is 13.4. The first-order valence-electron chi connectivity index (χ1n) is 9.36. The highest BCUT2D eigenvalue weighted by molar-refractivity contribution is 6.37. The largest absolute Gasteiger partial charge is 0.439 e. The van der Waals surface area contributed by atoms with Crippen molar-refractivity contribution >= 4 is 56.6 Å². The average molecular weight is 435 g/mol. The number of furan rings is 1. The van der Waals surface area contributed by atoms with Crippen molar-refractivity contribution in [1.29, 1.82) is 0 Å². The molecule has 0 radical (unpaired) electrons. The Balaban J connectivity index is 1.91. The fourth-order valence-corrected chi connectivity index (χ4v) is 4.25. The molecule has 30 heavy (non-hydrogen) atoms. The molecule has 148 valence electrons. The number of hydrogen-bond acceptors (Lipinski definition) is 3. The van der Waals surface area contributed by atoms with Crippen LogP contribution in [0.15, 0.2) is 82.0 Å². The molecule has 0 fully saturated rings. The Bertz CT molecular complexity index is 1470. The predicted molar refractivity (Wildman–Crippen MR) is 124 cm³/mol. The molecular weight excluding hydrogens is 419 g/mol. The van der Waals surface area contributed by atoms with Gasteiger partial charge in [0.25, 0.3) is 5.56 Å². The second-order valence-electron chi connectivity index (χ2n) is 7.01. The van der Waals surface area contributed by atoms with E-state index in [4.69, 9.17) is 27.6 Å². The van der Waals surface area contributed by atoms with Crippen molar-refractivity contribution in [2.24, 2.45) is 7.05 Å². The second-order valence-corrected chi connectivity index (χ2v) is 7.85. The lowest BCUT2D eigenvalue weighted by atomic mass is 10.0. The van der Waals surface area contributed by atoms with Crippen molar-refractivity contribution in [3.63, 3.8) is 0 Å². The van der Waals surface area contributed by atoms with Gasteiger partial charge in [0.2, 0.25) is 5.88 Å². The molecule has 2 heterocycles. The van der Waals surface area contributed by atoms with Crippen molar-refractivity contribution in [3.8, 4) is 11.1 Å². The number of hydrogen-bond donors (Lipinski definition) is 1. The van der Waals surface area contributed by atoms with E-state index in [9.17, 15) is 4.79 Å². The summed E-state index contributed by atoms with van der Waals surface area (Å²) < 4.78 is 7.91. The van der Waals surface area contributed by atoms with Crippen LogP contribution in [0.25, 0.3) is 33.0 Å². The molecule has 3 aromatic carbocycles. The van der Waals surface area contributed by atoms with Gasteiger partial charge in [-0.15, -0.1) is 0 Å². The van der Waals surface area contributed by atoms with Crippen LogP contribution in [0.1, 0.15) is 0 Å². The zero-order chi connectivity index (χ0) is 20.8. The standard InChI is InChI=1S/C24H16Cl2N2O2/c1-28-19-10-6-5-9-17(19)22-21(24(28)29)20(16-12-11-14(25)13-18(16)26)23(30-22)27-15-7-3-2-4-8-15/h2-13,27H,1H3. The van der Waals surface area contributed by atoms with E-state index in [2.05, 4.69) is 5.32 Å². The molecule has 0 unspecified atom stereocenters. The van der Waals surface area contributed by atoms with Crippen LogP contribution < -0.4 is 10.9 Å². The molecule has 0 atom stereocenters. The van der Waals surface area contributed by atoms with Gasteiger partial charge in [-0.05, 0) is 36.4 Å². The number of halogens is 2. The van der Waals surface area contributed by atoms with Crippen molar-refractivity contribution in [2.45, 2.75) is 0 Å². The smallest absolute Gasteiger partial charge is 0.262 e. The first-order chi connectivity index (χ1) is 14.5. The van der Waals surface area contributed by atoms with Gasteiger partial charge in [0, 0.05) is 28.7 Å². The van der Waals surface area contributed by atoms with E-state index >= 15 is 0 Å². The number of benzene rings is 3. The molecular formula is C24H16Cl2N2O2. The van der Waals surface area contributed by atoms with Crippen molar-refractivity contribution in [3.05, 3.63) is 93.2 Å². The summed E-state index contributed by atoms with van der Waals surface area (Å²) in [5.74, 6) is 0.453. The minimum absolute atomic E-state index is 0.158. The lowest BCUT2D eigenvalue weighted by Gasteiger charge is -2.09. The van der Waals surface area contributed by atoms with Crippen LogP contribution in [-0.4, -0.2) is 4.57 Å². The molecule has 0 aliphatic rings. The van der Waals surface area contributed by atoms with Crippen LogP contribution in [-0.2, 0) is 7.05 Å². The third kappa shape index (κ3) is 2.96. The number of fused-ring (bicyclic) bond motifs is 3. The van der Waals surface area contributed by atoms with E-state index in [0.717, 1.165) is 16.6 Å². The van der Waals surface area contributed by atoms with E-state index in [1.54, 1.807) is 29.8 Å². The zero-order valence-corrected chi connectivity index (χ0v) is 17.5. The SMILES string of the molecule is Cn1c(=O)c2c(-c3ccc(Cl)cc3Cl)c(Nc3ccccc3)oc2c2ccccc21. The molecule has 0 spiro atoms. The third-order valence-electron chi connectivity index (χ3n) is 5.17. The minimum atomic E-state index is -0.158. The predicted octanol–water partition coefficient (Wildman–Crippen LogP) is 7.00. The molecule has 5 aromatic rings. The van der Waals surface area contributed by atoms with Gasteiger partial charge in [-0.1, -0.05) is 59.6 Å². The highest BCUT2D eigenvalue weighted by Gasteiger charge is 2.24. The van der Waals surface area contributed by atoms with Crippen LogP contribution >= 0.6 is 23.2 Å². The highest BCUT2D eigenvalue weighted by atomic mass is 35.5. The minimum Gasteiger partial charge on any atom is -0.439 e. The lowest BCUT2D eigenvalue weighted by Crippen LogP contribution is -2.17. The van der Waals surface area contributed by atoms with Crippen LogP contribution in [0.3, 0.4) is 0 Å². The molecule has 5 rings (SSSR count). The first kappa shape index (κ1) is 18.8. The Morgan fingerprint density at radius 1 is 0.933 bits per heavy atom. The Kier molecular flexibility index (Phi) is 4.54. The Labute approximate surface area is 182 Å². The first-order valence-corrected chi connectivity index (χ1v) is 10.1. The number of aryl methyl sites for hydroxylation is 1. The molecule has 0 aliphatic heterocycles. The van der Waals surface area contributed by atoms with Gasteiger partial charge in [0.1, 0.15) is 0 Å². The topological polar surface area (TPSA) is 47.2 Å². The Morgan fingerprint density at radius 2 is 1.67 bits per heavy atom. The van der Waals surface area contributed by atoms with Gasteiger partial charge in [-0.25, -0.2) is 0 Å². The zero-order valence-electron chi connectivity index (χ0n) is 15.9. The number of aromatic nitrogens is 1. The summed E-state index contributed by atoms with van der Waals surface area (Å²) in [5, 5.41) is 5.59. The fourth-order valence-electron chi connectivity index (χ4n) is 3.75. The normalized spacial score (nSPS) is 11.3. The van der Waals surface area contributed by atoms with Gasteiger partial charge in [-0.3, -0.25) is 4.79 Å². The highest BCUT2D eigenvalue weighted by Crippen LogP contribution is 2.43. The number of para-hydroxylation sites is 2. The van der Waals surface area contributed by atoms with E-state index in [1.807, 2.05) is 54.6 Å². The Hall–Kier alpha value is -3.21. The fraction of sp³-hybridized carbons (Fsp3) is 0.0417. The Morgan fingerprint density at radius 3 is 2.43 bits per heavy atom. The van der Waals surface area contributed by atoms with Gasteiger partial charge >= 0.3 is 0 Å². The van der Waals surface area contributed by atoms with Crippen molar-refractivity contribution in [2.75, 3.05) is 5.32 Å². The molecule has 1 N–H and O–H groups in total. The molecule has 4 nitrogen and oxygen atoms in total. The van der Waals surface area contributed by atoms with Gasteiger partial charge < -0.3 is 14.3 Å². The van der Waals surface area contributed by atoms with E-state index in [-0.39, 0.29) is 5.56 Å². The maximum Gasteiger partial charge on any atom is 0.262 e. The summed E-state index contributed by atoms with van der Waals surface area (Å²) in [6, 6.07) is 22.5. The van der Waals surface area contributed by atoms with E-state index < -0.39 is 0 Å². The van der Waals surface area contributed by atoms with Crippen molar-refractivity contribution in [1.82, 2.24) is 4.57 Å². The summed E-state index contributed by atoms with van der Waals surface area (Å²) in [4.78, 5) is 13.4. The maximum atomic E-state index is 13.4. The third-order valence-corrected chi connectivity index (χ3v) is 5.72. The molecule has 0 amide bonds. The second kappa shape index (κ2) is 7.24. The molecule has 0 saturated carbocycles. The van der Waals surface area contributed by atoms with Crippen LogP contribution in [0.5, 0.6) is 0 Å². The number of nitrogens with one attached hydrogen (secondary N) is 1. The number of nitrogens with zero attached hydrogens (tertiary/aromatic N) is 1. The number of anilines is 2. The molecule has 0 bridgehead atoms. The van der Waals surface area contributed by atoms with E-state index in [0.29, 0.717) is 38.0 Å².